The smallest absolute Gasteiger partial charge is 0.276 e. The summed E-state index contributed by atoms with van der Waals surface area (Å²) in [5, 5.41) is 8.20. The van der Waals surface area contributed by atoms with Gasteiger partial charge in [0.1, 0.15) is 5.75 Å². The van der Waals surface area contributed by atoms with Gasteiger partial charge in [-0.3, -0.25) is 9.59 Å². The molecule has 0 fully saturated rings. The number of amides is 1. The van der Waals surface area contributed by atoms with Crippen LogP contribution in [0.3, 0.4) is 0 Å². The Balaban J connectivity index is 2.03. The Labute approximate surface area is 151 Å². The number of nitrogens with zero attached hydrogens (tertiary/aromatic N) is 2. The molecule has 1 amide bonds. The summed E-state index contributed by atoms with van der Waals surface area (Å²) >= 11 is 0. The number of carbonyl (C=O) groups excluding carboxylic acids is 1. The van der Waals surface area contributed by atoms with E-state index in [0.717, 1.165) is 0 Å². The molecule has 26 heavy (non-hydrogen) atoms. The highest BCUT2D eigenvalue weighted by molar-refractivity contribution is 6.11. The Kier molecular flexibility index (Phi) is 5.02. The largest absolute Gasteiger partial charge is 0.497 e. The third-order valence-electron chi connectivity index (χ3n) is 3.97. The van der Waals surface area contributed by atoms with Gasteiger partial charge in [-0.2, -0.15) is 5.10 Å². The van der Waals surface area contributed by atoms with Crippen molar-refractivity contribution in [2.45, 2.75) is 20.4 Å². The van der Waals surface area contributed by atoms with Gasteiger partial charge in [0.15, 0.2) is 5.69 Å². The van der Waals surface area contributed by atoms with E-state index in [1.807, 2.05) is 13.8 Å². The highest BCUT2D eigenvalue weighted by Crippen LogP contribution is 2.18. The monoisotopic (exact) mass is 351 g/mol. The zero-order valence-corrected chi connectivity index (χ0v) is 15.0. The fraction of sp³-hybridized carbons (Fsp3) is 0.250. The number of hydrogen-bond acceptors (Lipinski definition) is 4. The average Bonchev–Trinajstić information content (AvgIpc) is 2.64. The van der Waals surface area contributed by atoms with Crippen molar-refractivity contribution < 1.29 is 9.53 Å². The van der Waals surface area contributed by atoms with E-state index in [4.69, 9.17) is 4.74 Å². The minimum absolute atomic E-state index is 0.185. The third kappa shape index (κ3) is 3.59. The summed E-state index contributed by atoms with van der Waals surface area (Å²) < 4.78 is 6.49. The summed E-state index contributed by atoms with van der Waals surface area (Å²) in [4.78, 5) is 25.4. The molecule has 2 aromatic carbocycles. The van der Waals surface area contributed by atoms with E-state index in [9.17, 15) is 9.59 Å². The predicted molar refractivity (Wildman–Crippen MR) is 102 cm³/mol. The van der Waals surface area contributed by atoms with Gasteiger partial charge >= 0.3 is 0 Å². The Hall–Kier alpha value is -3.15. The number of aromatic nitrogens is 2. The van der Waals surface area contributed by atoms with Crippen LogP contribution in [0, 0.1) is 5.92 Å². The SMILES string of the molecule is COc1ccc(NC(=O)c2nn(CC(C)C)c(=O)c3ccccc23)cc1. The fourth-order valence-corrected chi connectivity index (χ4v) is 2.74. The van der Waals surface area contributed by atoms with Crippen LogP contribution in [-0.2, 0) is 6.54 Å². The van der Waals surface area contributed by atoms with Crippen LogP contribution in [0.5, 0.6) is 5.75 Å². The Bertz CT molecular complexity index is 991. The first-order valence-electron chi connectivity index (χ1n) is 8.45. The number of methoxy groups -OCH3 is 1. The minimum Gasteiger partial charge on any atom is -0.497 e. The second kappa shape index (κ2) is 7.39. The fourth-order valence-electron chi connectivity index (χ4n) is 2.74. The van der Waals surface area contributed by atoms with Crippen LogP contribution in [0.4, 0.5) is 5.69 Å². The quantitative estimate of drug-likeness (QED) is 0.765. The molecule has 0 aliphatic heterocycles. The third-order valence-corrected chi connectivity index (χ3v) is 3.97. The molecule has 3 aromatic rings. The molecule has 6 heteroatoms. The molecule has 1 N–H and O–H groups in total. The van der Waals surface area contributed by atoms with Crippen molar-refractivity contribution in [3.05, 3.63) is 64.6 Å². The number of anilines is 1. The molecule has 0 aliphatic rings. The lowest BCUT2D eigenvalue weighted by atomic mass is 10.1. The van der Waals surface area contributed by atoms with Gasteiger partial charge in [-0.25, -0.2) is 4.68 Å². The zero-order valence-electron chi connectivity index (χ0n) is 15.0. The van der Waals surface area contributed by atoms with Crippen molar-refractivity contribution in [3.8, 4) is 5.75 Å². The molecule has 134 valence electrons. The van der Waals surface area contributed by atoms with Gasteiger partial charge in [0.05, 0.1) is 12.5 Å². The van der Waals surface area contributed by atoms with E-state index in [-0.39, 0.29) is 23.1 Å². The van der Waals surface area contributed by atoms with Crippen LogP contribution in [0.15, 0.2) is 53.3 Å². The molecule has 0 radical (unpaired) electrons. The normalized spacial score (nSPS) is 10.9. The molecule has 6 nitrogen and oxygen atoms in total. The first-order chi connectivity index (χ1) is 12.5. The topological polar surface area (TPSA) is 73.2 Å². The van der Waals surface area contributed by atoms with E-state index < -0.39 is 0 Å². The summed E-state index contributed by atoms with van der Waals surface area (Å²) in [6.07, 6.45) is 0. The van der Waals surface area contributed by atoms with Gasteiger partial charge in [-0.1, -0.05) is 32.0 Å². The maximum absolute atomic E-state index is 12.8. The van der Waals surface area contributed by atoms with Gasteiger partial charge in [-0.05, 0) is 36.2 Å². The first-order valence-corrected chi connectivity index (χ1v) is 8.45. The Morgan fingerprint density at radius 1 is 1.12 bits per heavy atom. The maximum atomic E-state index is 12.8. The van der Waals surface area contributed by atoms with Crippen molar-refractivity contribution in [1.82, 2.24) is 9.78 Å². The molecule has 0 unspecified atom stereocenters. The number of rotatable bonds is 5. The standard InChI is InChI=1S/C20H21N3O3/c1-13(2)12-23-20(25)17-7-5-4-6-16(17)18(22-23)19(24)21-14-8-10-15(26-3)11-9-14/h4-11,13H,12H2,1-3H3,(H,21,24). The van der Waals surface area contributed by atoms with Crippen molar-refractivity contribution in [2.24, 2.45) is 5.92 Å². The van der Waals surface area contributed by atoms with Gasteiger partial charge in [0.25, 0.3) is 11.5 Å². The van der Waals surface area contributed by atoms with E-state index in [1.165, 1.54) is 4.68 Å². The van der Waals surface area contributed by atoms with Crippen molar-refractivity contribution in [2.75, 3.05) is 12.4 Å². The molecule has 0 bridgehead atoms. The number of nitrogens with one attached hydrogen (secondary N) is 1. The molecule has 0 saturated carbocycles. The average molecular weight is 351 g/mol. The number of fused-ring (bicyclic) bond motifs is 1. The molecule has 0 atom stereocenters. The van der Waals surface area contributed by atoms with Gasteiger partial charge < -0.3 is 10.1 Å². The van der Waals surface area contributed by atoms with Crippen LogP contribution in [-0.4, -0.2) is 22.8 Å². The number of benzene rings is 2. The Morgan fingerprint density at radius 2 is 1.77 bits per heavy atom. The highest BCUT2D eigenvalue weighted by atomic mass is 16.5. The second-order valence-electron chi connectivity index (χ2n) is 6.46. The molecular formula is C20H21N3O3. The van der Waals surface area contributed by atoms with E-state index in [2.05, 4.69) is 10.4 Å². The van der Waals surface area contributed by atoms with E-state index in [0.29, 0.717) is 28.8 Å². The van der Waals surface area contributed by atoms with Crippen molar-refractivity contribution >= 4 is 22.4 Å². The summed E-state index contributed by atoms with van der Waals surface area (Å²) in [5.41, 5.74) is 0.676. The summed E-state index contributed by atoms with van der Waals surface area (Å²) in [7, 11) is 1.58. The minimum atomic E-state index is -0.358. The maximum Gasteiger partial charge on any atom is 0.276 e. The summed E-state index contributed by atoms with van der Waals surface area (Å²) in [5.74, 6) is 0.583. The lowest BCUT2D eigenvalue weighted by Gasteiger charge is -2.13. The molecule has 3 rings (SSSR count). The molecular weight excluding hydrogens is 330 g/mol. The number of ether oxygens (including phenoxy) is 1. The number of carbonyl (C=O) groups is 1. The van der Waals surface area contributed by atoms with Crippen LogP contribution in [0.1, 0.15) is 24.3 Å². The molecule has 0 aliphatic carbocycles. The Morgan fingerprint density at radius 3 is 2.38 bits per heavy atom. The van der Waals surface area contributed by atoms with E-state index in [1.54, 1.807) is 55.6 Å². The molecule has 0 spiro atoms. The molecule has 1 aromatic heterocycles. The van der Waals surface area contributed by atoms with Crippen molar-refractivity contribution in [1.29, 1.82) is 0 Å². The van der Waals surface area contributed by atoms with Gasteiger partial charge in [0, 0.05) is 17.6 Å². The lowest BCUT2D eigenvalue weighted by molar-refractivity contribution is 0.102. The zero-order chi connectivity index (χ0) is 18.7. The van der Waals surface area contributed by atoms with Gasteiger partial charge in [0.2, 0.25) is 0 Å². The highest BCUT2D eigenvalue weighted by Gasteiger charge is 2.17. The predicted octanol–water partition coefficient (Wildman–Crippen LogP) is 3.31. The number of hydrogen-bond donors (Lipinski definition) is 1. The van der Waals surface area contributed by atoms with E-state index >= 15 is 0 Å². The van der Waals surface area contributed by atoms with Crippen LogP contribution in [0.25, 0.3) is 10.8 Å². The van der Waals surface area contributed by atoms with Crippen LogP contribution < -0.4 is 15.6 Å². The lowest BCUT2D eigenvalue weighted by Crippen LogP contribution is -2.29. The molecule has 1 heterocycles. The summed E-state index contributed by atoms with van der Waals surface area (Å²) in [6.45, 7) is 4.45. The first kappa shape index (κ1) is 17.7. The molecule has 0 saturated heterocycles. The van der Waals surface area contributed by atoms with Crippen LogP contribution >= 0.6 is 0 Å². The van der Waals surface area contributed by atoms with Gasteiger partial charge in [-0.15, -0.1) is 0 Å². The van der Waals surface area contributed by atoms with Crippen molar-refractivity contribution in [3.63, 3.8) is 0 Å². The second-order valence-corrected chi connectivity index (χ2v) is 6.46. The van der Waals surface area contributed by atoms with Crippen LogP contribution in [0.2, 0.25) is 0 Å². The summed E-state index contributed by atoms with van der Waals surface area (Å²) in [6, 6.07) is 14.1.